The van der Waals surface area contributed by atoms with Crippen LogP contribution in [0.3, 0.4) is 0 Å². The minimum atomic E-state index is 1.29. The largest absolute Gasteiger partial charge is 0.266 e. The molecule has 0 saturated carbocycles. The van der Waals surface area contributed by atoms with E-state index in [0.29, 0.717) is 0 Å². The molecule has 0 unspecified atom stereocenters. The van der Waals surface area contributed by atoms with E-state index in [-0.39, 0.29) is 0 Å². The molecule has 2 nitrogen and oxygen atoms in total. The third-order valence-corrected chi connectivity index (χ3v) is 3.20. The predicted molar refractivity (Wildman–Crippen MR) is 55.3 cm³/mol. The van der Waals surface area contributed by atoms with Gasteiger partial charge in [0.2, 0.25) is 5.84 Å². The molecule has 0 atom stereocenters. The minimum absolute atomic E-state index is 1.29. The first-order valence-corrected chi connectivity index (χ1v) is 5.77. The number of hydrogen-bond acceptors (Lipinski definition) is 1. The van der Waals surface area contributed by atoms with Crippen LogP contribution in [0.5, 0.6) is 0 Å². The molecule has 0 aromatic rings. The van der Waals surface area contributed by atoms with Gasteiger partial charge in [-0.25, -0.2) is 0 Å². The summed E-state index contributed by atoms with van der Waals surface area (Å²) in [7, 11) is 0. The van der Waals surface area contributed by atoms with E-state index in [1.54, 1.807) is 5.84 Å². The maximum absolute atomic E-state index is 2.62. The molecule has 2 heterocycles. The second kappa shape index (κ2) is 4.12. The molecule has 0 amide bonds. The lowest BCUT2D eigenvalue weighted by Gasteiger charge is -2.23. The van der Waals surface area contributed by atoms with Gasteiger partial charge in [-0.05, 0) is 12.8 Å². The molecule has 74 valence electrons. The molecule has 13 heavy (non-hydrogen) atoms. The van der Waals surface area contributed by atoms with Crippen molar-refractivity contribution in [3.05, 3.63) is 0 Å². The topological polar surface area (TPSA) is 6.25 Å². The maximum atomic E-state index is 2.62. The van der Waals surface area contributed by atoms with Crippen molar-refractivity contribution in [2.24, 2.45) is 0 Å². The Hall–Kier alpha value is -0.530. The molecule has 0 aliphatic carbocycles. The molecule has 0 saturated heterocycles. The molecule has 2 heteroatoms. The molecule has 0 bridgehead atoms. The normalized spacial score (nSPS) is 22.4. The summed E-state index contributed by atoms with van der Waals surface area (Å²) in [6.07, 6.45) is 6.77. The molecule has 0 radical (unpaired) electrons. The fourth-order valence-corrected chi connectivity index (χ4v) is 2.49. The van der Waals surface area contributed by atoms with Gasteiger partial charge in [0.1, 0.15) is 0 Å². The summed E-state index contributed by atoms with van der Waals surface area (Å²) in [6, 6.07) is 0. The lowest BCUT2D eigenvalue weighted by Crippen LogP contribution is -2.41. The van der Waals surface area contributed by atoms with Gasteiger partial charge in [-0.2, -0.15) is 0 Å². The first-order valence-electron chi connectivity index (χ1n) is 5.77. The summed E-state index contributed by atoms with van der Waals surface area (Å²) in [5.41, 5.74) is 0. The highest BCUT2D eigenvalue weighted by molar-refractivity contribution is 5.78. The molecule has 2 aliphatic rings. The fourth-order valence-electron chi connectivity index (χ4n) is 2.49. The van der Waals surface area contributed by atoms with Crippen LogP contribution in [0.1, 0.15) is 39.0 Å². The Labute approximate surface area is 81.2 Å². The number of rotatable bonds is 3. The van der Waals surface area contributed by atoms with Gasteiger partial charge in [0, 0.05) is 6.42 Å². The van der Waals surface area contributed by atoms with Crippen molar-refractivity contribution in [1.29, 1.82) is 0 Å². The van der Waals surface area contributed by atoms with Crippen LogP contribution in [-0.4, -0.2) is 41.5 Å². The summed E-state index contributed by atoms with van der Waals surface area (Å²) in [4.78, 5) is 2.62. The van der Waals surface area contributed by atoms with E-state index in [0.717, 1.165) is 0 Å². The Bertz CT molecular complexity index is 208. The summed E-state index contributed by atoms with van der Waals surface area (Å²) in [5, 5.41) is 0. The van der Waals surface area contributed by atoms with Gasteiger partial charge in [-0.15, -0.1) is 0 Å². The SMILES string of the molecule is CCCCN1CCC[N+]2=C1CCC2. The van der Waals surface area contributed by atoms with Gasteiger partial charge >= 0.3 is 0 Å². The second-order valence-electron chi connectivity index (χ2n) is 4.20. The Kier molecular flexibility index (Phi) is 2.87. The molecule has 2 rings (SSSR count). The van der Waals surface area contributed by atoms with Crippen molar-refractivity contribution in [2.75, 3.05) is 26.2 Å². The summed E-state index contributed by atoms with van der Waals surface area (Å²) >= 11 is 0. The van der Waals surface area contributed by atoms with Gasteiger partial charge in [-0.1, -0.05) is 13.3 Å². The summed E-state index contributed by atoms with van der Waals surface area (Å²) < 4.78 is 2.60. The van der Waals surface area contributed by atoms with E-state index in [4.69, 9.17) is 0 Å². The van der Waals surface area contributed by atoms with Gasteiger partial charge < -0.3 is 0 Å². The lowest BCUT2D eigenvalue weighted by atomic mass is 10.2. The van der Waals surface area contributed by atoms with E-state index in [1.165, 1.54) is 58.3 Å². The smallest absolute Gasteiger partial charge is 0.246 e. The standard InChI is InChI=1S/C11H21N2/c1-2-3-7-12-9-5-10-13-8-4-6-11(12)13/h2-10H2,1H3/q+1. The van der Waals surface area contributed by atoms with E-state index in [1.807, 2.05) is 0 Å². The van der Waals surface area contributed by atoms with Crippen molar-refractivity contribution in [3.8, 4) is 0 Å². The lowest BCUT2D eigenvalue weighted by molar-refractivity contribution is -0.530. The van der Waals surface area contributed by atoms with Crippen LogP contribution in [0, 0.1) is 0 Å². The highest BCUT2D eigenvalue weighted by Gasteiger charge is 2.30. The molecule has 0 aromatic heterocycles. The maximum Gasteiger partial charge on any atom is 0.246 e. The van der Waals surface area contributed by atoms with E-state index in [9.17, 15) is 0 Å². The van der Waals surface area contributed by atoms with Crippen LogP contribution in [0.15, 0.2) is 0 Å². The number of nitrogens with zero attached hydrogens (tertiary/aromatic N) is 2. The molecule has 2 aliphatic heterocycles. The fraction of sp³-hybridized carbons (Fsp3) is 0.909. The Morgan fingerprint density at radius 3 is 3.00 bits per heavy atom. The van der Waals surface area contributed by atoms with Gasteiger partial charge in [0.05, 0.1) is 32.6 Å². The van der Waals surface area contributed by atoms with Crippen molar-refractivity contribution in [2.45, 2.75) is 39.0 Å². The highest BCUT2D eigenvalue weighted by Crippen LogP contribution is 2.14. The molecule has 0 N–H and O–H groups in total. The van der Waals surface area contributed by atoms with Crippen molar-refractivity contribution < 1.29 is 4.58 Å². The molecule has 0 fully saturated rings. The number of unbranched alkanes of at least 4 members (excludes halogenated alkanes) is 1. The zero-order valence-electron chi connectivity index (χ0n) is 8.76. The monoisotopic (exact) mass is 181 g/mol. The second-order valence-corrected chi connectivity index (χ2v) is 4.20. The van der Waals surface area contributed by atoms with Crippen molar-refractivity contribution in [3.63, 3.8) is 0 Å². The van der Waals surface area contributed by atoms with Crippen LogP contribution < -0.4 is 0 Å². The zero-order chi connectivity index (χ0) is 9.10. The van der Waals surface area contributed by atoms with Gasteiger partial charge in [0.25, 0.3) is 0 Å². The highest BCUT2D eigenvalue weighted by atomic mass is 15.3. The van der Waals surface area contributed by atoms with Crippen molar-refractivity contribution in [1.82, 2.24) is 4.90 Å². The molecular formula is C11H21N2+. The third kappa shape index (κ3) is 1.87. The van der Waals surface area contributed by atoms with Crippen LogP contribution in [0.25, 0.3) is 0 Å². The van der Waals surface area contributed by atoms with Crippen LogP contribution >= 0.6 is 0 Å². The Balaban J connectivity index is 1.98. The average Bonchev–Trinajstić information content (AvgIpc) is 2.62. The van der Waals surface area contributed by atoms with Crippen LogP contribution in [0.4, 0.5) is 0 Å². The first-order chi connectivity index (χ1) is 6.42. The summed E-state index contributed by atoms with van der Waals surface area (Å²) in [5.74, 6) is 1.65. The van der Waals surface area contributed by atoms with Crippen molar-refractivity contribution >= 4 is 5.84 Å². The summed E-state index contributed by atoms with van der Waals surface area (Å²) in [6.45, 7) is 7.52. The predicted octanol–water partition coefficient (Wildman–Crippen LogP) is 1.70. The Morgan fingerprint density at radius 1 is 1.31 bits per heavy atom. The molecule has 0 aromatic carbocycles. The third-order valence-electron chi connectivity index (χ3n) is 3.20. The van der Waals surface area contributed by atoms with E-state index in [2.05, 4.69) is 16.4 Å². The average molecular weight is 181 g/mol. The number of amidine groups is 1. The van der Waals surface area contributed by atoms with E-state index < -0.39 is 0 Å². The van der Waals surface area contributed by atoms with Gasteiger partial charge in [-0.3, -0.25) is 9.48 Å². The molecular weight excluding hydrogens is 160 g/mol. The van der Waals surface area contributed by atoms with E-state index >= 15 is 0 Å². The van der Waals surface area contributed by atoms with Gasteiger partial charge in [0.15, 0.2) is 0 Å². The minimum Gasteiger partial charge on any atom is -0.266 e. The quantitative estimate of drug-likeness (QED) is 0.601. The first kappa shape index (κ1) is 9.04. The number of hydrogen-bond donors (Lipinski definition) is 0. The molecule has 0 spiro atoms. The Morgan fingerprint density at radius 2 is 2.15 bits per heavy atom. The van der Waals surface area contributed by atoms with Crippen LogP contribution in [-0.2, 0) is 0 Å². The zero-order valence-corrected chi connectivity index (χ0v) is 8.76. The van der Waals surface area contributed by atoms with Crippen LogP contribution in [0.2, 0.25) is 0 Å².